The van der Waals surface area contributed by atoms with Gasteiger partial charge in [-0.1, -0.05) is 12.6 Å². The first-order valence-electron chi connectivity index (χ1n) is 10.7. The zero-order chi connectivity index (χ0) is 19.7. The first kappa shape index (κ1) is 18.2. The maximum absolute atomic E-state index is 12.7. The van der Waals surface area contributed by atoms with Crippen molar-refractivity contribution in [2.24, 2.45) is 5.92 Å². The minimum atomic E-state index is -1.00. The van der Waals surface area contributed by atoms with E-state index >= 15 is 0 Å². The molecule has 5 heteroatoms. The van der Waals surface area contributed by atoms with Gasteiger partial charge in [-0.2, -0.15) is 0 Å². The summed E-state index contributed by atoms with van der Waals surface area (Å²) in [5.74, 6) is 0.874. The van der Waals surface area contributed by atoms with Gasteiger partial charge in [0, 0.05) is 24.3 Å². The van der Waals surface area contributed by atoms with Gasteiger partial charge >= 0.3 is 0 Å². The Hall–Kier alpha value is -1.85. The second-order valence-corrected chi connectivity index (χ2v) is 9.31. The quantitative estimate of drug-likeness (QED) is 0.585. The van der Waals surface area contributed by atoms with Gasteiger partial charge < -0.3 is 19.4 Å². The van der Waals surface area contributed by atoms with E-state index < -0.39 is 11.7 Å². The van der Waals surface area contributed by atoms with E-state index in [1.54, 1.807) is 6.07 Å². The number of Topliss-reactive ketones (excluding diaryl/α,β-unsaturated/α-hetero) is 1. The summed E-state index contributed by atoms with van der Waals surface area (Å²) in [5, 5.41) is 22.5. The number of hydrogen-bond acceptors (Lipinski definition) is 4. The van der Waals surface area contributed by atoms with Crippen molar-refractivity contribution in [1.82, 2.24) is 0 Å². The molecule has 5 rings (SSSR count). The number of ether oxygens (including phenoxy) is 1. The Morgan fingerprint density at radius 3 is 2.86 bits per heavy atom. The van der Waals surface area contributed by atoms with Gasteiger partial charge in [0.1, 0.15) is 11.6 Å². The van der Waals surface area contributed by atoms with Gasteiger partial charge in [0.05, 0.1) is 25.6 Å². The maximum Gasteiger partial charge on any atom is 0.174 e. The summed E-state index contributed by atoms with van der Waals surface area (Å²) in [4.78, 5) is 12.7. The molecule has 150 valence electrons. The molecule has 2 N–H and O–H groups in total. The highest BCUT2D eigenvalue weighted by molar-refractivity contribution is 5.88. The molecule has 0 saturated heterocycles. The molecule has 2 saturated carbocycles. The summed E-state index contributed by atoms with van der Waals surface area (Å²) in [7, 11) is 0. The standard InChI is InChI=1S/C23H29NO4/c1-3-11-24(4-2,13-14-5-6-14)18-12-15-7-8-16(25)21-19(15)20-22(28-21)17(26)9-10-23(18,20)27/h3,7-8,14,18,20,22,27H,1,4-6,9-13H2,2H3/p+1/t18-,20?,22+,23-,24?/m1/s1. The Morgan fingerprint density at radius 1 is 1.39 bits per heavy atom. The van der Waals surface area contributed by atoms with Gasteiger partial charge in [0.15, 0.2) is 23.4 Å². The molecular formula is C23H30NO4+. The van der Waals surface area contributed by atoms with E-state index in [9.17, 15) is 15.0 Å². The number of carbonyl (C=O) groups is 1. The molecule has 0 amide bonds. The molecule has 1 heterocycles. The molecule has 4 aliphatic rings. The van der Waals surface area contributed by atoms with E-state index in [0.29, 0.717) is 18.6 Å². The fraction of sp³-hybridized carbons (Fsp3) is 0.609. The number of phenolic OH excluding ortho intramolecular Hbond substituents is 1. The van der Waals surface area contributed by atoms with E-state index in [2.05, 4.69) is 13.5 Å². The molecule has 0 radical (unpaired) electrons. The molecule has 5 atom stereocenters. The van der Waals surface area contributed by atoms with Crippen LogP contribution in [-0.2, 0) is 11.2 Å². The van der Waals surface area contributed by atoms with Crippen LogP contribution in [0.15, 0.2) is 24.8 Å². The van der Waals surface area contributed by atoms with Gasteiger partial charge in [0.25, 0.3) is 0 Å². The third-order valence-electron chi connectivity index (χ3n) is 7.84. The van der Waals surface area contributed by atoms with Gasteiger partial charge in [-0.15, -0.1) is 0 Å². The van der Waals surface area contributed by atoms with Crippen LogP contribution in [-0.4, -0.2) is 57.9 Å². The Morgan fingerprint density at radius 2 is 2.18 bits per heavy atom. The van der Waals surface area contributed by atoms with Crippen molar-refractivity contribution in [2.45, 2.75) is 62.7 Å². The fourth-order valence-corrected chi connectivity index (χ4v) is 6.31. The predicted octanol–water partition coefficient (Wildman–Crippen LogP) is 2.69. The van der Waals surface area contributed by atoms with Crippen LogP contribution in [0, 0.1) is 5.92 Å². The highest BCUT2D eigenvalue weighted by Crippen LogP contribution is 2.59. The maximum atomic E-state index is 12.7. The van der Waals surface area contributed by atoms with Crippen molar-refractivity contribution < 1.29 is 24.2 Å². The topological polar surface area (TPSA) is 66.8 Å². The lowest BCUT2D eigenvalue weighted by Crippen LogP contribution is -2.71. The van der Waals surface area contributed by atoms with Crippen molar-refractivity contribution in [1.29, 1.82) is 0 Å². The molecule has 2 fully saturated rings. The molecule has 28 heavy (non-hydrogen) atoms. The Labute approximate surface area is 166 Å². The largest absolute Gasteiger partial charge is 0.504 e. The van der Waals surface area contributed by atoms with Crippen molar-refractivity contribution in [3.05, 3.63) is 35.9 Å². The molecule has 3 aliphatic carbocycles. The second kappa shape index (κ2) is 6.07. The minimum Gasteiger partial charge on any atom is -0.504 e. The van der Waals surface area contributed by atoms with Crippen LogP contribution in [0.4, 0.5) is 0 Å². The van der Waals surface area contributed by atoms with E-state index in [4.69, 9.17) is 4.74 Å². The van der Waals surface area contributed by atoms with Crippen molar-refractivity contribution in [3.8, 4) is 11.5 Å². The average Bonchev–Trinajstić information content (AvgIpc) is 3.38. The highest BCUT2D eigenvalue weighted by atomic mass is 16.5. The minimum absolute atomic E-state index is 0.00305. The molecule has 5 nitrogen and oxygen atoms in total. The molecule has 0 spiro atoms. The zero-order valence-corrected chi connectivity index (χ0v) is 16.6. The zero-order valence-electron chi connectivity index (χ0n) is 16.6. The lowest BCUT2D eigenvalue weighted by molar-refractivity contribution is -0.953. The number of carbonyl (C=O) groups excluding carboxylic acids is 1. The second-order valence-electron chi connectivity index (χ2n) is 9.31. The van der Waals surface area contributed by atoms with E-state index in [1.807, 2.05) is 12.1 Å². The van der Waals surface area contributed by atoms with Gasteiger partial charge in [-0.25, -0.2) is 0 Å². The van der Waals surface area contributed by atoms with Crippen LogP contribution in [0.25, 0.3) is 0 Å². The van der Waals surface area contributed by atoms with E-state index in [-0.39, 0.29) is 23.5 Å². The van der Waals surface area contributed by atoms with Crippen molar-refractivity contribution in [3.63, 3.8) is 0 Å². The van der Waals surface area contributed by atoms with Crippen molar-refractivity contribution >= 4 is 5.78 Å². The van der Waals surface area contributed by atoms with Crippen LogP contribution in [0.5, 0.6) is 11.5 Å². The average molecular weight is 384 g/mol. The number of hydrogen-bond donors (Lipinski definition) is 2. The summed E-state index contributed by atoms with van der Waals surface area (Å²) < 4.78 is 6.79. The molecule has 1 aromatic rings. The molecule has 1 aromatic carbocycles. The van der Waals surface area contributed by atoms with Crippen LogP contribution >= 0.6 is 0 Å². The van der Waals surface area contributed by atoms with Crippen LogP contribution in [0.3, 0.4) is 0 Å². The highest BCUT2D eigenvalue weighted by Gasteiger charge is 2.65. The number of benzene rings is 1. The summed E-state index contributed by atoms with van der Waals surface area (Å²) in [5.41, 5.74) is 0.981. The van der Waals surface area contributed by atoms with E-state index in [0.717, 1.165) is 47.6 Å². The first-order valence-corrected chi connectivity index (χ1v) is 10.7. The number of likely N-dealkylation sites (N-methyl/N-ethyl adjacent to an activating group) is 1. The number of ketones is 1. The number of rotatable bonds is 6. The summed E-state index contributed by atoms with van der Waals surface area (Å²) in [6.45, 7) is 9.05. The summed E-state index contributed by atoms with van der Waals surface area (Å²) in [6, 6.07) is 3.64. The third-order valence-corrected chi connectivity index (χ3v) is 7.84. The lowest BCUT2D eigenvalue weighted by atomic mass is 9.61. The van der Waals surface area contributed by atoms with Crippen molar-refractivity contribution in [2.75, 3.05) is 19.6 Å². The Kier molecular flexibility index (Phi) is 3.95. The number of quaternary nitrogens is 1. The molecule has 1 aliphatic heterocycles. The predicted molar refractivity (Wildman–Crippen MR) is 105 cm³/mol. The Balaban J connectivity index is 1.67. The summed E-state index contributed by atoms with van der Waals surface area (Å²) in [6.07, 6.45) is 5.40. The molecule has 0 aromatic heterocycles. The number of nitrogens with zero attached hydrogens (tertiary/aromatic N) is 1. The first-order chi connectivity index (χ1) is 13.4. The Bertz CT molecular complexity index is 847. The summed E-state index contributed by atoms with van der Waals surface area (Å²) >= 11 is 0. The lowest BCUT2D eigenvalue weighted by Gasteiger charge is -2.56. The third kappa shape index (κ3) is 2.35. The van der Waals surface area contributed by atoms with Gasteiger partial charge in [0.2, 0.25) is 0 Å². The van der Waals surface area contributed by atoms with Gasteiger partial charge in [-0.3, -0.25) is 4.79 Å². The van der Waals surface area contributed by atoms with Gasteiger partial charge in [-0.05, 0) is 43.9 Å². The van der Waals surface area contributed by atoms with Crippen LogP contribution in [0.2, 0.25) is 0 Å². The molecule has 2 unspecified atom stereocenters. The molecule has 0 bridgehead atoms. The number of aromatic hydroxyl groups is 1. The normalized spacial score (nSPS) is 35.1. The van der Waals surface area contributed by atoms with Crippen LogP contribution < -0.4 is 4.74 Å². The number of aliphatic hydroxyl groups is 1. The monoisotopic (exact) mass is 384 g/mol. The van der Waals surface area contributed by atoms with E-state index in [1.165, 1.54) is 12.8 Å². The fourth-order valence-electron chi connectivity index (χ4n) is 6.31. The molecular weight excluding hydrogens is 354 g/mol. The SMILES string of the molecule is C=CC[N+](CC)(CC1CC1)[C@@H]1Cc2ccc(O)c3c2C2[C@@H](O3)C(=O)CC[C@]21O. The number of phenols is 1. The smallest absolute Gasteiger partial charge is 0.174 e. The van der Waals surface area contributed by atoms with Crippen LogP contribution in [0.1, 0.15) is 49.7 Å².